The third kappa shape index (κ3) is 4.69. The molecule has 0 radical (unpaired) electrons. The third-order valence-electron chi connectivity index (χ3n) is 5.14. The van der Waals surface area contributed by atoms with Gasteiger partial charge in [0.1, 0.15) is 0 Å². The Morgan fingerprint density at radius 1 is 1.25 bits per heavy atom. The van der Waals surface area contributed by atoms with Gasteiger partial charge < -0.3 is 15.3 Å². The van der Waals surface area contributed by atoms with Crippen molar-refractivity contribution in [2.75, 3.05) is 31.6 Å². The van der Waals surface area contributed by atoms with Crippen molar-refractivity contribution in [3.05, 3.63) is 65.2 Å². The predicted molar refractivity (Wildman–Crippen MR) is 109 cm³/mol. The van der Waals surface area contributed by atoms with Crippen LogP contribution in [0, 0.1) is 11.3 Å². The van der Waals surface area contributed by atoms with Crippen molar-refractivity contribution in [3.8, 4) is 6.07 Å². The van der Waals surface area contributed by atoms with Crippen molar-refractivity contribution in [2.24, 2.45) is 0 Å². The van der Waals surface area contributed by atoms with Gasteiger partial charge in [0.15, 0.2) is 0 Å². The Balaban J connectivity index is 1.65. The number of rotatable bonds is 5. The molecule has 146 valence electrons. The number of nitrogens with one attached hydrogen (secondary N) is 1. The maximum Gasteiger partial charge on any atom is 0.322 e. The summed E-state index contributed by atoms with van der Waals surface area (Å²) < 4.78 is 0. The van der Waals surface area contributed by atoms with E-state index in [1.807, 2.05) is 25.1 Å². The minimum Gasteiger partial charge on any atom is -0.394 e. The summed E-state index contributed by atoms with van der Waals surface area (Å²) in [5, 5.41) is 21.9. The average Bonchev–Trinajstić information content (AvgIpc) is 2.74. The average molecular weight is 378 g/mol. The molecule has 1 saturated heterocycles. The van der Waals surface area contributed by atoms with E-state index in [0.29, 0.717) is 18.7 Å². The smallest absolute Gasteiger partial charge is 0.322 e. The van der Waals surface area contributed by atoms with Crippen molar-refractivity contribution in [3.63, 3.8) is 0 Å². The zero-order valence-corrected chi connectivity index (χ0v) is 16.1. The zero-order chi connectivity index (χ0) is 19.9. The predicted octanol–water partition coefficient (Wildman–Crippen LogP) is 2.83. The van der Waals surface area contributed by atoms with Gasteiger partial charge in [0.25, 0.3) is 0 Å². The molecule has 1 aliphatic rings. The lowest BCUT2D eigenvalue weighted by Gasteiger charge is -2.40. The Kier molecular flexibility index (Phi) is 6.64. The highest BCUT2D eigenvalue weighted by molar-refractivity contribution is 5.90. The highest BCUT2D eigenvalue weighted by Gasteiger charge is 2.30. The molecule has 2 aromatic carbocycles. The molecule has 0 unspecified atom stereocenters. The van der Waals surface area contributed by atoms with Gasteiger partial charge in [-0.05, 0) is 35.7 Å². The molecule has 1 aliphatic heterocycles. The van der Waals surface area contributed by atoms with Gasteiger partial charge in [-0.2, -0.15) is 5.26 Å². The fraction of sp³-hybridized carbons (Fsp3) is 0.364. The van der Waals surface area contributed by atoms with Gasteiger partial charge in [0.05, 0.1) is 24.3 Å². The highest BCUT2D eigenvalue weighted by atomic mass is 16.3. The molecule has 0 aliphatic carbocycles. The molecule has 3 rings (SSSR count). The molecular formula is C22H26N4O2. The Hall–Kier alpha value is -2.88. The Labute approximate surface area is 166 Å². The van der Waals surface area contributed by atoms with E-state index in [-0.39, 0.29) is 18.7 Å². The van der Waals surface area contributed by atoms with E-state index in [9.17, 15) is 9.90 Å². The lowest BCUT2D eigenvalue weighted by molar-refractivity contribution is 0.0623. The van der Waals surface area contributed by atoms with E-state index in [4.69, 9.17) is 5.26 Å². The van der Waals surface area contributed by atoms with Gasteiger partial charge in [-0.1, -0.05) is 37.3 Å². The van der Waals surface area contributed by atoms with Gasteiger partial charge in [0.2, 0.25) is 0 Å². The normalized spacial score (nSPS) is 17.2. The molecule has 6 heteroatoms. The molecule has 6 nitrogen and oxygen atoms in total. The van der Waals surface area contributed by atoms with E-state index in [1.165, 1.54) is 5.56 Å². The summed E-state index contributed by atoms with van der Waals surface area (Å²) in [6.45, 7) is 4.67. The maximum absolute atomic E-state index is 12.8. The standard InChI is InChI=1S/C22H26N4O2/c1-2-19-12-18(13-23)8-9-21(19)24-22(28)26-11-10-25(15-20(26)16-27)14-17-6-4-3-5-7-17/h3-9,12,20,27H,2,10-11,14-16H2,1H3,(H,24,28)/t20-/m1/s1. The van der Waals surface area contributed by atoms with Crippen molar-refractivity contribution in [1.29, 1.82) is 5.26 Å². The number of hydrogen-bond donors (Lipinski definition) is 2. The third-order valence-corrected chi connectivity index (χ3v) is 5.14. The number of anilines is 1. The van der Waals surface area contributed by atoms with E-state index >= 15 is 0 Å². The monoisotopic (exact) mass is 378 g/mol. The number of aryl methyl sites for hydroxylation is 1. The van der Waals surface area contributed by atoms with Crippen LogP contribution in [0.15, 0.2) is 48.5 Å². The SMILES string of the molecule is CCc1cc(C#N)ccc1NC(=O)N1CCN(Cc2ccccc2)C[C@@H]1CO. The van der Waals surface area contributed by atoms with Gasteiger partial charge in [-0.15, -0.1) is 0 Å². The van der Waals surface area contributed by atoms with Crippen molar-refractivity contribution in [1.82, 2.24) is 9.80 Å². The van der Waals surface area contributed by atoms with Crippen LogP contribution in [0.3, 0.4) is 0 Å². The van der Waals surface area contributed by atoms with E-state index in [1.54, 1.807) is 23.1 Å². The summed E-state index contributed by atoms with van der Waals surface area (Å²) in [6, 6.07) is 17.2. The van der Waals surface area contributed by atoms with Gasteiger partial charge >= 0.3 is 6.03 Å². The number of piperazine rings is 1. The zero-order valence-electron chi connectivity index (χ0n) is 16.1. The van der Waals surface area contributed by atoms with E-state index in [2.05, 4.69) is 28.4 Å². The minimum absolute atomic E-state index is 0.0767. The van der Waals surface area contributed by atoms with Crippen LogP contribution in [-0.4, -0.2) is 53.2 Å². The summed E-state index contributed by atoms with van der Waals surface area (Å²) in [4.78, 5) is 16.8. The first-order valence-corrected chi connectivity index (χ1v) is 9.62. The quantitative estimate of drug-likeness (QED) is 0.838. The lowest BCUT2D eigenvalue weighted by Crippen LogP contribution is -2.57. The molecule has 28 heavy (non-hydrogen) atoms. The van der Waals surface area contributed by atoms with Crippen molar-refractivity contribution >= 4 is 11.7 Å². The summed E-state index contributed by atoms with van der Waals surface area (Å²) in [5.41, 5.74) is 3.45. The molecule has 1 heterocycles. The second kappa shape index (κ2) is 9.36. The molecule has 0 aromatic heterocycles. The number of nitrogens with zero attached hydrogens (tertiary/aromatic N) is 3. The number of benzene rings is 2. The molecule has 2 aromatic rings. The van der Waals surface area contributed by atoms with Crippen LogP contribution in [0.1, 0.15) is 23.6 Å². The molecule has 0 saturated carbocycles. The van der Waals surface area contributed by atoms with Crippen LogP contribution >= 0.6 is 0 Å². The van der Waals surface area contributed by atoms with Crippen LogP contribution in [0.25, 0.3) is 0 Å². The summed E-state index contributed by atoms with van der Waals surface area (Å²) in [5.74, 6) is 0. The van der Waals surface area contributed by atoms with Crippen LogP contribution in [-0.2, 0) is 13.0 Å². The number of carbonyl (C=O) groups is 1. The number of amides is 2. The van der Waals surface area contributed by atoms with Crippen LogP contribution < -0.4 is 5.32 Å². The van der Waals surface area contributed by atoms with Crippen LogP contribution in [0.5, 0.6) is 0 Å². The largest absolute Gasteiger partial charge is 0.394 e. The first kappa shape index (κ1) is 19.9. The van der Waals surface area contributed by atoms with Gasteiger partial charge in [0, 0.05) is 31.9 Å². The summed E-state index contributed by atoms with van der Waals surface area (Å²) >= 11 is 0. The Morgan fingerprint density at radius 3 is 2.71 bits per heavy atom. The fourth-order valence-electron chi connectivity index (χ4n) is 3.59. The number of carbonyl (C=O) groups excluding carboxylic acids is 1. The van der Waals surface area contributed by atoms with Crippen molar-refractivity contribution < 1.29 is 9.90 Å². The molecule has 1 atom stereocenters. The first-order chi connectivity index (χ1) is 13.6. The molecule has 0 bridgehead atoms. The molecular weight excluding hydrogens is 352 g/mol. The number of aliphatic hydroxyl groups is 1. The van der Waals surface area contributed by atoms with E-state index < -0.39 is 0 Å². The van der Waals surface area contributed by atoms with Crippen LogP contribution in [0.2, 0.25) is 0 Å². The van der Waals surface area contributed by atoms with E-state index in [0.717, 1.165) is 30.8 Å². The molecule has 0 spiro atoms. The molecule has 1 fully saturated rings. The maximum atomic E-state index is 12.8. The second-order valence-corrected chi connectivity index (χ2v) is 7.02. The van der Waals surface area contributed by atoms with Gasteiger partial charge in [-0.3, -0.25) is 4.90 Å². The van der Waals surface area contributed by atoms with Crippen molar-refractivity contribution in [2.45, 2.75) is 25.9 Å². The summed E-state index contributed by atoms with van der Waals surface area (Å²) in [7, 11) is 0. The topological polar surface area (TPSA) is 79.6 Å². The molecule has 2 amide bonds. The lowest BCUT2D eigenvalue weighted by atomic mass is 10.1. The highest BCUT2D eigenvalue weighted by Crippen LogP contribution is 2.20. The second-order valence-electron chi connectivity index (χ2n) is 7.02. The van der Waals surface area contributed by atoms with Gasteiger partial charge in [-0.25, -0.2) is 4.79 Å². The minimum atomic E-state index is -0.249. The Bertz CT molecular complexity index is 847. The van der Waals surface area contributed by atoms with Crippen LogP contribution in [0.4, 0.5) is 10.5 Å². The number of aliphatic hydroxyl groups excluding tert-OH is 1. The summed E-state index contributed by atoms with van der Waals surface area (Å²) in [6.07, 6.45) is 0.722. The fourth-order valence-corrected chi connectivity index (χ4v) is 3.59. The molecule has 2 N–H and O–H groups in total. The number of urea groups is 1. The Morgan fingerprint density at radius 2 is 2.04 bits per heavy atom. The number of nitriles is 1. The first-order valence-electron chi connectivity index (χ1n) is 9.62. The number of hydrogen-bond acceptors (Lipinski definition) is 4.